The van der Waals surface area contributed by atoms with Crippen LogP contribution in [0.25, 0.3) is 0 Å². The summed E-state index contributed by atoms with van der Waals surface area (Å²) < 4.78 is 10.1. The quantitative estimate of drug-likeness (QED) is 0.389. The summed E-state index contributed by atoms with van der Waals surface area (Å²) in [6.07, 6.45) is 4.28. The van der Waals surface area contributed by atoms with E-state index in [0.29, 0.717) is 13.2 Å². The van der Waals surface area contributed by atoms with E-state index < -0.39 is 0 Å². The van der Waals surface area contributed by atoms with Crippen LogP contribution in [-0.4, -0.2) is 25.8 Å². The minimum absolute atomic E-state index is 0.0634. The molecule has 0 heterocycles. The molecule has 0 aromatic heterocycles. The number of unbranched alkanes of at least 4 members (excludes halogenated alkanes) is 2. The first-order valence-electron chi connectivity index (χ1n) is 9.24. The van der Waals surface area contributed by atoms with Crippen molar-refractivity contribution in [2.45, 2.75) is 49.3 Å². The van der Waals surface area contributed by atoms with Gasteiger partial charge in [0, 0.05) is 16.4 Å². The third-order valence-corrected chi connectivity index (χ3v) is 4.93. The number of benzene rings is 2. The maximum absolute atomic E-state index is 11.1. The average Bonchev–Trinajstić information content (AvgIpc) is 2.62. The van der Waals surface area contributed by atoms with E-state index in [9.17, 15) is 4.79 Å². The molecule has 0 aliphatic heterocycles. The van der Waals surface area contributed by atoms with Gasteiger partial charge < -0.3 is 9.47 Å². The van der Waals surface area contributed by atoms with Crippen LogP contribution in [0.1, 0.15) is 37.3 Å². The van der Waals surface area contributed by atoms with Gasteiger partial charge in [-0.3, -0.25) is 0 Å². The lowest BCUT2D eigenvalue weighted by molar-refractivity contribution is -0.148. The fourth-order valence-electron chi connectivity index (χ4n) is 2.61. The molecule has 4 heteroatoms. The molecule has 0 bridgehead atoms. The molecule has 0 atom stereocenters. The minimum atomic E-state index is -0.281. The minimum Gasteiger partial charge on any atom is -0.464 e. The molecule has 140 valence electrons. The molecule has 0 saturated carbocycles. The molecule has 0 saturated heterocycles. The molecule has 3 nitrogen and oxygen atoms in total. The molecular formula is C22H28O3S. The maximum Gasteiger partial charge on any atom is 0.332 e. The lowest BCUT2D eigenvalue weighted by Gasteiger charge is -2.06. The highest BCUT2D eigenvalue weighted by molar-refractivity contribution is 7.99. The van der Waals surface area contributed by atoms with Gasteiger partial charge in [-0.25, -0.2) is 4.79 Å². The van der Waals surface area contributed by atoms with Crippen molar-refractivity contribution in [1.82, 2.24) is 0 Å². The number of esters is 1. The van der Waals surface area contributed by atoms with Crippen molar-refractivity contribution in [2.24, 2.45) is 0 Å². The molecule has 0 aliphatic carbocycles. The SMILES string of the molecule is CCOC(=O)COCCCCCc1ccc(Sc2cccc(C)c2)cc1. The molecule has 0 spiro atoms. The van der Waals surface area contributed by atoms with Gasteiger partial charge >= 0.3 is 5.97 Å². The topological polar surface area (TPSA) is 35.5 Å². The number of hydrogen-bond acceptors (Lipinski definition) is 4. The zero-order valence-corrected chi connectivity index (χ0v) is 16.5. The van der Waals surface area contributed by atoms with Gasteiger partial charge in [0.05, 0.1) is 6.61 Å². The van der Waals surface area contributed by atoms with Gasteiger partial charge in [-0.15, -0.1) is 0 Å². The summed E-state index contributed by atoms with van der Waals surface area (Å²) in [5, 5.41) is 0. The predicted octanol–water partition coefficient (Wildman–Crippen LogP) is 5.44. The lowest BCUT2D eigenvalue weighted by Crippen LogP contribution is -2.12. The number of carbonyl (C=O) groups excluding carboxylic acids is 1. The van der Waals surface area contributed by atoms with Gasteiger partial charge in [0.25, 0.3) is 0 Å². The van der Waals surface area contributed by atoms with Crippen molar-refractivity contribution in [3.05, 3.63) is 59.7 Å². The molecular weight excluding hydrogens is 344 g/mol. The summed E-state index contributed by atoms with van der Waals surface area (Å²) >= 11 is 1.80. The molecule has 0 radical (unpaired) electrons. The van der Waals surface area contributed by atoms with Crippen molar-refractivity contribution in [3.63, 3.8) is 0 Å². The molecule has 2 aromatic carbocycles. The molecule has 2 aromatic rings. The fraction of sp³-hybridized carbons (Fsp3) is 0.409. The predicted molar refractivity (Wildman–Crippen MR) is 107 cm³/mol. The number of aryl methyl sites for hydroxylation is 2. The highest BCUT2D eigenvalue weighted by atomic mass is 32.2. The van der Waals surface area contributed by atoms with Crippen LogP contribution in [0.3, 0.4) is 0 Å². The van der Waals surface area contributed by atoms with Crippen LogP contribution in [-0.2, 0) is 20.7 Å². The van der Waals surface area contributed by atoms with Crippen molar-refractivity contribution in [3.8, 4) is 0 Å². The summed E-state index contributed by atoms with van der Waals surface area (Å²) in [6, 6.07) is 17.4. The number of ether oxygens (including phenoxy) is 2. The summed E-state index contributed by atoms with van der Waals surface area (Å²) in [4.78, 5) is 13.7. The van der Waals surface area contributed by atoms with Crippen LogP contribution in [0.2, 0.25) is 0 Å². The normalized spacial score (nSPS) is 10.7. The van der Waals surface area contributed by atoms with E-state index in [-0.39, 0.29) is 12.6 Å². The number of rotatable bonds is 11. The first-order chi connectivity index (χ1) is 12.7. The fourth-order valence-corrected chi connectivity index (χ4v) is 3.54. The van der Waals surface area contributed by atoms with E-state index in [1.165, 1.54) is 20.9 Å². The van der Waals surface area contributed by atoms with Crippen LogP contribution in [0.15, 0.2) is 58.3 Å². The van der Waals surface area contributed by atoms with Crippen LogP contribution < -0.4 is 0 Å². The van der Waals surface area contributed by atoms with E-state index in [4.69, 9.17) is 9.47 Å². The van der Waals surface area contributed by atoms with Crippen LogP contribution in [0.5, 0.6) is 0 Å². The van der Waals surface area contributed by atoms with Gasteiger partial charge in [-0.1, -0.05) is 48.0 Å². The van der Waals surface area contributed by atoms with Gasteiger partial charge in [0.1, 0.15) is 6.61 Å². The van der Waals surface area contributed by atoms with Crippen molar-refractivity contribution in [2.75, 3.05) is 19.8 Å². The van der Waals surface area contributed by atoms with Crippen molar-refractivity contribution in [1.29, 1.82) is 0 Å². The Balaban J connectivity index is 1.61. The Morgan fingerprint density at radius 3 is 2.54 bits per heavy atom. The smallest absolute Gasteiger partial charge is 0.332 e. The Bertz CT molecular complexity index is 667. The molecule has 26 heavy (non-hydrogen) atoms. The summed E-state index contributed by atoms with van der Waals surface area (Å²) in [5.74, 6) is -0.281. The van der Waals surface area contributed by atoms with E-state index in [1.807, 2.05) is 0 Å². The monoisotopic (exact) mass is 372 g/mol. The Morgan fingerprint density at radius 2 is 1.81 bits per heavy atom. The van der Waals surface area contributed by atoms with Crippen LogP contribution >= 0.6 is 11.8 Å². The average molecular weight is 373 g/mol. The summed E-state index contributed by atoms with van der Waals surface area (Å²) in [7, 11) is 0. The van der Waals surface area contributed by atoms with Crippen LogP contribution in [0.4, 0.5) is 0 Å². The van der Waals surface area contributed by atoms with Crippen LogP contribution in [0, 0.1) is 6.92 Å². The molecule has 2 rings (SSSR count). The first kappa shape index (κ1) is 20.5. The van der Waals surface area contributed by atoms with Gasteiger partial charge in [0.15, 0.2) is 0 Å². The molecule has 0 N–H and O–H groups in total. The second kappa shape index (κ2) is 11.8. The molecule has 0 fully saturated rings. The summed E-state index contributed by atoms with van der Waals surface area (Å²) in [5.41, 5.74) is 2.66. The van der Waals surface area contributed by atoms with Gasteiger partial charge in [-0.05, 0) is 62.9 Å². The maximum atomic E-state index is 11.1. The third kappa shape index (κ3) is 8.07. The Hall–Kier alpha value is -1.78. The molecule has 0 amide bonds. The second-order valence-electron chi connectivity index (χ2n) is 6.23. The Kier molecular flexibility index (Phi) is 9.29. The van der Waals surface area contributed by atoms with E-state index in [2.05, 4.69) is 55.5 Å². The van der Waals surface area contributed by atoms with Gasteiger partial charge in [0.2, 0.25) is 0 Å². The van der Waals surface area contributed by atoms with Gasteiger partial charge in [-0.2, -0.15) is 0 Å². The largest absolute Gasteiger partial charge is 0.464 e. The zero-order valence-electron chi connectivity index (χ0n) is 15.7. The lowest BCUT2D eigenvalue weighted by atomic mass is 10.1. The highest BCUT2D eigenvalue weighted by Crippen LogP contribution is 2.28. The number of carbonyl (C=O) groups is 1. The van der Waals surface area contributed by atoms with Crippen molar-refractivity contribution >= 4 is 17.7 Å². The zero-order chi connectivity index (χ0) is 18.6. The third-order valence-electron chi connectivity index (χ3n) is 3.93. The molecule has 0 aliphatic rings. The Labute approximate surface area is 161 Å². The Morgan fingerprint density at radius 1 is 1.00 bits per heavy atom. The number of hydrogen-bond donors (Lipinski definition) is 0. The standard InChI is InChI=1S/C22H28O3S/c1-3-25-22(23)17-24-15-6-4-5-9-19-11-13-20(14-12-19)26-21-10-7-8-18(2)16-21/h7-8,10-14,16H,3-6,9,15,17H2,1-2H3. The summed E-state index contributed by atoms with van der Waals surface area (Å²) in [6.45, 7) is 5.00. The second-order valence-corrected chi connectivity index (χ2v) is 7.38. The van der Waals surface area contributed by atoms with E-state index in [0.717, 1.165) is 25.7 Å². The first-order valence-corrected chi connectivity index (χ1v) is 10.1. The van der Waals surface area contributed by atoms with E-state index in [1.54, 1.807) is 18.7 Å². The molecule has 0 unspecified atom stereocenters. The highest BCUT2D eigenvalue weighted by Gasteiger charge is 2.01. The van der Waals surface area contributed by atoms with Crippen molar-refractivity contribution < 1.29 is 14.3 Å². The van der Waals surface area contributed by atoms with E-state index >= 15 is 0 Å².